The predicted octanol–water partition coefficient (Wildman–Crippen LogP) is 1.49. The molecule has 0 fully saturated rings. The van der Waals surface area contributed by atoms with E-state index in [1.54, 1.807) is 4.90 Å². The second kappa shape index (κ2) is 9.53. The summed E-state index contributed by atoms with van der Waals surface area (Å²) in [5.74, 6) is -0.348. The number of amides is 1. The van der Waals surface area contributed by atoms with Crippen LogP contribution in [0.3, 0.4) is 0 Å². The minimum absolute atomic E-state index is 0.0350. The number of likely N-dealkylation sites (N-methyl/N-ethyl adjacent to an activating group) is 1. The summed E-state index contributed by atoms with van der Waals surface area (Å²) in [6, 6.07) is 0. The monoisotopic (exact) mass is 282 g/mol. The summed E-state index contributed by atoms with van der Waals surface area (Å²) in [6.45, 7) is 3.65. The number of carbonyl (C=O) groups excluding carboxylic acids is 2. The van der Waals surface area contributed by atoms with Crippen LogP contribution >= 0.6 is 0 Å². The number of carbonyl (C=O) groups is 2. The Bertz CT molecular complexity index is 353. The normalized spacial score (nSPS) is 14.8. The lowest BCUT2D eigenvalue weighted by Gasteiger charge is -2.18. The molecule has 0 heterocycles. The van der Waals surface area contributed by atoms with Gasteiger partial charge in [0.25, 0.3) is 0 Å². The van der Waals surface area contributed by atoms with Gasteiger partial charge in [0, 0.05) is 6.54 Å². The van der Waals surface area contributed by atoms with Crippen LogP contribution in [0, 0.1) is 0 Å². The van der Waals surface area contributed by atoms with Crippen molar-refractivity contribution in [2.45, 2.75) is 39.0 Å². The zero-order chi connectivity index (χ0) is 14.8. The lowest BCUT2D eigenvalue weighted by Crippen LogP contribution is -2.40. The van der Waals surface area contributed by atoms with Gasteiger partial charge in [-0.3, -0.25) is 14.5 Å². The van der Waals surface area contributed by atoms with Crippen molar-refractivity contribution in [2.24, 2.45) is 0 Å². The fourth-order valence-electron chi connectivity index (χ4n) is 2.28. The Labute approximate surface area is 121 Å². The predicted molar refractivity (Wildman–Crippen MR) is 78.3 cm³/mol. The minimum Gasteiger partial charge on any atom is -0.468 e. The van der Waals surface area contributed by atoms with Gasteiger partial charge in [-0.1, -0.05) is 18.6 Å². The van der Waals surface area contributed by atoms with Crippen molar-refractivity contribution in [3.8, 4) is 0 Å². The van der Waals surface area contributed by atoms with Crippen molar-refractivity contribution in [2.75, 3.05) is 33.3 Å². The van der Waals surface area contributed by atoms with E-state index in [0.29, 0.717) is 13.1 Å². The van der Waals surface area contributed by atoms with Gasteiger partial charge in [-0.15, -0.1) is 0 Å². The quantitative estimate of drug-likeness (QED) is 0.541. The largest absolute Gasteiger partial charge is 0.468 e. The van der Waals surface area contributed by atoms with Crippen molar-refractivity contribution < 1.29 is 14.3 Å². The summed E-state index contributed by atoms with van der Waals surface area (Å²) < 4.78 is 4.60. The lowest BCUT2D eigenvalue weighted by molar-refractivity contribution is -0.142. The molecule has 0 aliphatic heterocycles. The Kier molecular flexibility index (Phi) is 7.95. The Morgan fingerprint density at radius 1 is 1.35 bits per heavy atom. The maximum absolute atomic E-state index is 11.8. The first-order valence-electron chi connectivity index (χ1n) is 7.39. The third-order valence-corrected chi connectivity index (χ3v) is 3.55. The third-order valence-electron chi connectivity index (χ3n) is 3.55. The smallest absolute Gasteiger partial charge is 0.319 e. The van der Waals surface area contributed by atoms with Crippen LogP contribution in [0.25, 0.3) is 0 Å². The summed E-state index contributed by atoms with van der Waals surface area (Å²) >= 11 is 0. The van der Waals surface area contributed by atoms with Crippen molar-refractivity contribution in [3.05, 3.63) is 11.6 Å². The van der Waals surface area contributed by atoms with Crippen LogP contribution in [0.2, 0.25) is 0 Å². The molecule has 20 heavy (non-hydrogen) atoms. The maximum atomic E-state index is 11.8. The van der Waals surface area contributed by atoms with Gasteiger partial charge in [0.15, 0.2) is 0 Å². The molecular weight excluding hydrogens is 256 g/mol. The molecule has 0 aromatic heterocycles. The van der Waals surface area contributed by atoms with Crippen molar-refractivity contribution in [1.82, 2.24) is 10.2 Å². The molecule has 0 spiro atoms. The maximum Gasteiger partial charge on any atom is 0.319 e. The summed E-state index contributed by atoms with van der Waals surface area (Å²) in [4.78, 5) is 24.7. The van der Waals surface area contributed by atoms with E-state index >= 15 is 0 Å². The fraction of sp³-hybridized carbons (Fsp3) is 0.733. The highest BCUT2D eigenvalue weighted by molar-refractivity contribution is 5.79. The van der Waals surface area contributed by atoms with Crippen LogP contribution in [0.15, 0.2) is 11.6 Å². The summed E-state index contributed by atoms with van der Waals surface area (Å²) in [6.07, 6.45) is 8.13. The zero-order valence-corrected chi connectivity index (χ0v) is 12.6. The van der Waals surface area contributed by atoms with Crippen LogP contribution in [-0.4, -0.2) is 50.1 Å². The van der Waals surface area contributed by atoms with Crippen LogP contribution in [-0.2, 0) is 14.3 Å². The van der Waals surface area contributed by atoms with Crippen molar-refractivity contribution in [3.63, 3.8) is 0 Å². The number of hydrogen-bond donors (Lipinski definition) is 1. The molecule has 0 aromatic rings. The van der Waals surface area contributed by atoms with Gasteiger partial charge in [0.05, 0.1) is 20.2 Å². The summed E-state index contributed by atoms with van der Waals surface area (Å²) in [5.41, 5.74) is 1.46. The summed E-state index contributed by atoms with van der Waals surface area (Å²) in [5, 5.41) is 2.91. The molecule has 114 valence electrons. The highest BCUT2D eigenvalue weighted by atomic mass is 16.5. The second-order valence-corrected chi connectivity index (χ2v) is 5.09. The molecule has 0 atom stereocenters. The van der Waals surface area contributed by atoms with E-state index in [0.717, 1.165) is 6.42 Å². The molecule has 0 aromatic carbocycles. The number of ether oxygens (including phenoxy) is 1. The molecule has 0 unspecified atom stereocenters. The molecule has 0 saturated carbocycles. The number of allylic oxidation sites excluding steroid dienone is 1. The number of hydrogen-bond acceptors (Lipinski definition) is 4. The van der Waals surface area contributed by atoms with Gasteiger partial charge in [0.2, 0.25) is 5.91 Å². The third kappa shape index (κ3) is 6.70. The number of esters is 1. The Morgan fingerprint density at radius 2 is 2.15 bits per heavy atom. The molecule has 0 radical (unpaired) electrons. The highest BCUT2D eigenvalue weighted by Gasteiger charge is 2.13. The topological polar surface area (TPSA) is 58.6 Å². The van der Waals surface area contributed by atoms with Gasteiger partial charge in [0.1, 0.15) is 0 Å². The molecule has 5 nitrogen and oxygen atoms in total. The number of methoxy groups -OCH3 is 1. The first-order chi connectivity index (χ1) is 9.65. The molecule has 1 rings (SSSR count). The van der Waals surface area contributed by atoms with E-state index in [1.807, 2.05) is 6.92 Å². The molecule has 1 aliphatic carbocycles. The van der Waals surface area contributed by atoms with Crippen LogP contribution in [0.5, 0.6) is 0 Å². The average Bonchev–Trinajstić information content (AvgIpc) is 2.47. The summed E-state index contributed by atoms with van der Waals surface area (Å²) in [7, 11) is 1.36. The Morgan fingerprint density at radius 3 is 2.75 bits per heavy atom. The van der Waals surface area contributed by atoms with Crippen molar-refractivity contribution >= 4 is 11.9 Å². The lowest BCUT2D eigenvalue weighted by atomic mass is 9.97. The van der Waals surface area contributed by atoms with E-state index in [-0.39, 0.29) is 25.0 Å². The molecular formula is C15H26N2O3. The second-order valence-electron chi connectivity index (χ2n) is 5.09. The van der Waals surface area contributed by atoms with Gasteiger partial charge >= 0.3 is 5.97 Å². The average molecular weight is 282 g/mol. The van der Waals surface area contributed by atoms with Gasteiger partial charge in [-0.2, -0.15) is 0 Å². The van der Waals surface area contributed by atoms with Crippen molar-refractivity contribution in [1.29, 1.82) is 0 Å². The van der Waals surface area contributed by atoms with Crippen LogP contribution < -0.4 is 5.32 Å². The van der Waals surface area contributed by atoms with Gasteiger partial charge in [-0.05, 0) is 38.6 Å². The van der Waals surface area contributed by atoms with Crippen LogP contribution in [0.1, 0.15) is 39.0 Å². The first-order valence-corrected chi connectivity index (χ1v) is 7.39. The van der Waals surface area contributed by atoms with E-state index in [2.05, 4.69) is 16.1 Å². The number of nitrogens with zero attached hydrogens (tertiary/aromatic N) is 1. The fourth-order valence-corrected chi connectivity index (χ4v) is 2.28. The van der Waals surface area contributed by atoms with Gasteiger partial charge < -0.3 is 10.1 Å². The molecule has 0 bridgehead atoms. The molecule has 0 saturated heterocycles. The van der Waals surface area contributed by atoms with E-state index in [4.69, 9.17) is 0 Å². The van der Waals surface area contributed by atoms with E-state index < -0.39 is 0 Å². The number of rotatable bonds is 8. The molecule has 1 aliphatic rings. The first kappa shape index (κ1) is 16.7. The zero-order valence-electron chi connectivity index (χ0n) is 12.6. The molecule has 1 N–H and O–H groups in total. The van der Waals surface area contributed by atoms with Gasteiger partial charge in [-0.25, -0.2) is 0 Å². The molecule has 1 amide bonds. The SMILES string of the molecule is CCN(CC(=O)NCCC1=CCCCC1)CC(=O)OC. The van der Waals surface area contributed by atoms with E-state index in [1.165, 1.54) is 38.4 Å². The van der Waals surface area contributed by atoms with Crippen LogP contribution in [0.4, 0.5) is 0 Å². The minimum atomic E-state index is -0.313. The Hall–Kier alpha value is -1.36. The standard InChI is InChI=1S/C15H26N2O3/c1-3-17(12-15(19)20-2)11-14(18)16-10-9-13-7-5-4-6-8-13/h7H,3-6,8-12H2,1-2H3,(H,16,18). The Balaban J connectivity index is 2.20. The number of nitrogens with one attached hydrogen (secondary N) is 1. The van der Waals surface area contributed by atoms with E-state index in [9.17, 15) is 9.59 Å². The molecule has 5 heteroatoms. The highest BCUT2D eigenvalue weighted by Crippen LogP contribution is 2.19.